The summed E-state index contributed by atoms with van der Waals surface area (Å²) in [6, 6.07) is 17.4. The number of nitrogens with two attached hydrogens (primary N) is 1. The molecule has 0 atom stereocenters. The maximum Gasteiger partial charge on any atom is 0.185 e. The Balaban J connectivity index is 0.00000261. The van der Waals surface area contributed by atoms with Crippen molar-refractivity contribution in [1.82, 2.24) is 9.78 Å². The van der Waals surface area contributed by atoms with E-state index in [2.05, 4.69) is 5.10 Å². The zero-order valence-corrected chi connectivity index (χ0v) is 16.5. The van der Waals surface area contributed by atoms with E-state index in [1.54, 1.807) is 11.8 Å². The minimum absolute atomic E-state index is 0. The van der Waals surface area contributed by atoms with E-state index < -0.39 is 0 Å². The highest BCUT2D eigenvalue weighted by Gasteiger charge is 2.19. The number of ketones is 1. The Bertz CT molecular complexity index is 835. The topological polar surface area (TPSA) is 70.1 Å². The lowest BCUT2D eigenvalue weighted by atomic mass is 10.0. The molecular formula is C21H24ClN3O2. The molecule has 1 heterocycles. The number of halogens is 1. The standard InChI is InChI=1S/C21H23N3O2.ClH/c1-14(2)21(25)19-12-20(16-6-4-15(13-22)5-7-16)24(23-19)17-8-10-18(26-3)11-9-17;/h4-12,14H,13,22H2,1-3H3;1H. The molecule has 0 saturated heterocycles. The van der Waals surface area contributed by atoms with Crippen LogP contribution in [-0.4, -0.2) is 22.7 Å². The number of aromatic nitrogens is 2. The van der Waals surface area contributed by atoms with Gasteiger partial charge in [0.2, 0.25) is 0 Å². The molecule has 0 aliphatic heterocycles. The van der Waals surface area contributed by atoms with Crippen molar-refractivity contribution < 1.29 is 9.53 Å². The first kappa shape index (κ1) is 20.7. The van der Waals surface area contributed by atoms with E-state index in [0.717, 1.165) is 28.3 Å². The second-order valence-corrected chi connectivity index (χ2v) is 6.44. The summed E-state index contributed by atoms with van der Waals surface area (Å²) in [5, 5.41) is 4.58. The summed E-state index contributed by atoms with van der Waals surface area (Å²) in [4.78, 5) is 12.5. The predicted octanol–water partition coefficient (Wildman–Crippen LogP) is 4.27. The van der Waals surface area contributed by atoms with Gasteiger partial charge < -0.3 is 10.5 Å². The van der Waals surface area contributed by atoms with E-state index in [1.165, 1.54) is 0 Å². The molecule has 5 nitrogen and oxygen atoms in total. The Morgan fingerprint density at radius 1 is 1.11 bits per heavy atom. The fourth-order valence-corrected chi connectivity index (χ4v) is 2.73. The minimum atomic E-state index is -0.110. The van der Waals surface area contributed by atoms with Crippen LogP contribution in [0.2, 0.25) is 0 Å². The van der Waals surface area contributed by atoms with Crippen LogP contribution in [0.25, 0.3) is 16.9 Å². The van der Waals surface area contributed by atoms with Gasteiger partial charge in [-0.1, -0.05) is 38.1 Å². The Kier molecular flexibility index (Phi) is 6.77. The van der Waals surface area contributed by atoms with Crippen molar-refractivity contribution in [3.63, 3.8) is 0 Å². The number of rotatable bonds is 6. The first-order valence-electron chi connectivity index (χ1n) is 8.61. The number of carbonyl (C=O) groups excluding carboxylic acids is 1. The van der Waals surface area contributed by atoms with Crippen molar-refractivity contribution in [2.24, 2.45) is 11.7 Å². The highest BCUT2D eigenvalue weighted by atomic mass is 35.5. The fourth-order valence-electron chi connectivity index (χ4n) is 2.73. The molecule has 0 spiro atoms. The third-order valence-corrected chi connectivity index (χ3v) is 4.29. The van der Waals surface area contributed by atoms with E-state index in [4.69, 9.17) is 10.5 Å². The van der Waals surface area contributed by atoms with E-state index in [0.29, 0.717) is 12.2 Å². The fraction of sp³-hybridized carbons (Fsp3) is 0.238. The van der Waals surface area contributed by atoms with Crippen LogP contribution >= 0.6 is 12.4 Å². The third kappa shape index (κ3) is 4.38. The second kappa shape index (κ2) is 8.84. The molecule has 0 fully saturated rings. The van der Waals surface area contributed by atoms with Crippen molar-refractivity contribution in [3.8, 4) is 22.7 Å². The summed E-state index contributed by atoms with van der Waals surface area (Å²) in [5.74, 6) is 0.687. The Hall–Kier alpha value is -2.63. The van der Waals surface area contributed by atoms with Gasteiger partial charge in [0.1, 0.15) is 11.4 Å². The molecule has 2 aromatic carbocycles. The first-order chi connectivity index (χ1) is 12.5. The molecule has 27 heavy (non-hydrogen) atoms. The van der Waals surface area contributed by atoms with Gasteiger partial charge in [0, 0.05) is 18.0 Å². The van der Waals surface area contributed by atoms with Crippen LogP contribution < -0.4 is 10.5 Å². The lowest BCUT2D eigenvalue weighted by Gasteiger charge is -2.09. The molecular weight excluding hydrogens is 362 g/mol. The number of hydrogen-bond donors (Lipinski definition) is 1. The summed E-state index contributed by atoms with van der Waals surface area (Å²) in [6.45, 7) is 4.25. The number of carbonyl (C=O) groups is 1. The highest BCUT2D eigenvalue weighted by Crippen LogP contribution is 2.26. The SMILES string of the molecule is COc1ccc(-n2nc(C(=O)C(C)C)cc2-c2ccc(CN)cc2)cc1.Cl. The summed E-state index contributed by atoms with van der Waals surface area (Å²) < 4.78 is 7.02. The zero-order valence-electron chi connectivity index (χ0n) is 15.7. The van der Waals surface area contributed by atoms with Gasteiger partial charge in [-0.15, -0.1) is 12.4 Å². The summed E-state index contributed by atoms with van der Waals surface area (Å²) in [5.41, 5.74) is 9.93. The smallest absolute Gasteiger partial charge is 0.185 e. The van der Waals surface area contributed by atoms with Crippen LogP contribution in [0, 0.1) is 5.92 Å². The normalized spacial score (nSPS) is 10.6. The van der Waals surface area contributed by atoms with Gasteiger partial charge in [-0.2, -0.15) is 5.10 Å². The second-order valence-electron chi connectivity index (χ2n) is 6.44. The van der Waals surface area contributed by atoms with Crippen molar-refractivity contribution in [2.75, 3.05) is 7.11 Å². The number of benzene rings is 2. The monoisotopic (exact) mass is 385 g/mol. The number of Topliss-reactive ketones (excluding diaryl/α,β-unsaturated/α-hetero) is 1. The summed E-state index contributed by atoms with van der Waals surface area (Å²) in [7, 11) is 1.63. The Morgan fingerprint density at radius 3 is 2.26 bits per heavy atom. The lowest BCUT2D eigenvalue weighted by molar-refractivity contribution is 0.0934. The molecule has 0 unspecified atom stereocenters. The van der Waals surface area contributed by atoms with Gasteiger partial charge in [-0.3, -0.25) is 4.79 Å². The molecule has 0 aliphatic rings. The highest BCUT2D eigenvalue weighted by molar-refractivity contribution is 5.96. The van der Waals surface area contributed by atoms with Crippen molar-refractivity contribution >= 4 is 18.2 Å². The molecule has 3 rings (SSSR count). The van der Waals surface area contributed by atoms with E-state index in [1.807, 2.05) is 68.4 Å². The summed E-state index contributed by atoms with van der Waals surface area (Å²) >= 11 is 0. The average Bonchev–Trinajstić information content (AvgIpc) is 3.12. The van der Waals surface area contributed by atoms with Crippen molar-refractivity contribution in [2.45, 2.75) is 20.4 Å². The first-order valence-corrected chi connectivity index (χ1v) is 8.61. The van der Waals surface area contributed by atoms with Gasteiger partial charge in [0.15, 0.2) is 5.78 Å². The molecule has 6 heteroatoms. The number of methoxy groups -OCH3 is 1. The third-order valence-electron chi connectivity index (χ3n) is 4.29. The van der Waals surface area contributed by atoms with E-state index in [9.17, 15) is 4.79 Å². The van der Waals surface area contributed by atoms with Crippen LogP contribution in [0.4, 0.5) is 0 Å². The van der Waals surface area contributed by atoms with Gasteiger partial charge >= 0.3 is 0 Å². The quantitative estimate of drug-likeness (QED) is 0.643. The molecule has 3 aromatic rings. The van der Waals surface area contributed by atoms with Crippen molar-refractivity contribution in [1.29, 1.82) is 0 Å². The molecule has 2 N–H and O–H groups in total. The zero-order chi connectivity index (χ0) is 18.7. The molecule has 0 saturated carbocycles. The molecule has 142 valence electrons. The molecule has 1 aromatic heterocycles. The van der Waals surface area contributed by atoms with Crippen LogP contribution in [0.15, 0.2) is 54.6 Å². The maximum atomic E-state index is 12.5. The number of nitrogens with zero attached hydrogens (tertiary/aromatic N) is 2. The van der Waals surface area contributed by atoms with Crippen LogP contribution in [-0.2, 0) is 6.54 Å². The van der Waals surface area contributed by atoms with Crippen LogP contribution in [0.5, 0.6) is 5.75 Å². The largest absolute Gasteiger partial charge is 0.497 e. The molecule has 0 radical (unpaired) electrons. The van der Waals surface area contributed by atoms with Gasteiger partial charge in [-0.05, 0) is 35.9 Å². The van der Waals surface area contributed by atoms with Gasteiger partial charge in [0.05, 0.1) is 18.5 Å². The van der Waals surface area contributed by atoms with Crippen LogP contribution in [0.1, 0.15) is 29.9 Å². The predicted molar refractivity (Wildman–Crippen MR) is 110 cm³/mol. The molecule has 0 amide bonds. The molecule has 0 aliphatic carbocycles. The van der Waals surface area contributed by atoms with E-state index >= 15 is 0 Å². The van der Waals surface area contributed by atoms with Crippen molar-refractivity contribution in [3.05, 3.63) is 65.9 Å². The minimum Gasteiger partial charge on any atom is -0.497 e. The van der Waals surface area contributed by atoms with Gasteiger partial charge in [0.25, 0.3) is 0 Å². The van der Waals surface area contributed by atoms with E-state index in [-0.39, 0.29) is 24.1 Å². The summed E-state index contributed by atoms with van der Waals surface area (Å²) in [6.07, 6.45) is 0. The average molecular weight is 386 g/mol. The van der Waals surface area contributed by atoms with Crippen LogP contribution in [0.3, 0.4) is 0 Å². The number of ether oxygens (including phenoxy) is 1. The maximum absolute atomic E-state index is 12.5. The number of hydrogen-bond acceptors (Lipinski definition) is 4. The molecule has 0 bridgehead atoms. The lowest BCUT2D eigenvalue weighted by Crippen LogP contribution is -2.09. The Labute approximate surface area is 165 Å². The van der Waals surface area contributed by atoms with Gasteiger partial charge in [-0.25, -0.2) is 4.68 Å². The Morgan fingerprint density at radius 2 is 1.74 bits per heavy atom.